The molecule has 2 N–H and O–H groups in total. The van der Waals surface area contributed by atoms with Crippen molar-refractivity contribution in [1.29, 1.82) is 0 Å². The van der Waals surface area contributed by atoms with Gasteiger partial charge in [-0.05, 0) is 31.2 Å². The standard InChI is InChI=1S/C15H24N2O3S/c1-10(2)12(14(19)17(5)9-15(3,4)20)16-13(18)11-7-6-8-21-11/h6-8,10,12,20H,9H2,1-5H3,(H,16,18). The van der Waals surface area contributed by atoms with E-state index in [-0.39, 0.29) is 24.3 Å². The molecular formula is C15H24N2O3S. The lowest BCUT2D eigenvalue weighted by Gasteiger charge is -2.30. The molecule has 1 aromatic rings. The number of nitrogens with one attached hydrogen (secondary N) is 1. The van der Waals surface area contributed by atoms with E-state index in [2.05, 4.69) is 5.32 Å². The molecule has 1 atom stereocenters. The average Bonchev–Trinajstić information content (AvgIpc) is 2.86. The first-order valence-electron chi connectivity index (χ1n) is 6.93. The van der Waals surface area contributed by atoms with Crippen LogP contribution in [0.1, 0.15) is 37.4 Å². The summed E-state index contributed by atoms with van der Waals surface area (Å²) in [6.45, 7) is 7.27. The van der Waals surface area contributed by atoms with Crippen molar-refractivity contribution in [3.8, 4) is 0 Å². The van der Waals surface area contributed by atoms with Gasteiger partial charge in [0.2, 0.25) is 5.91 Å². The fourth-order valence-corrected chi connectivity index (χ4v) is 2.66. The molecule has 1 unspecified atom stereocenters. The first kappa shape index (κ1) is 17.7. The smallest absolute Gasteiger partial charge is 0.262 e. The van der Waals surface area contributed by atoms with Crippen LogP contribution in [0.15, 0.2) is 17.5 Å². The molecule has 0 saturated carbocycles. The van der Waals surface area contributed by atoms with Crippen LogP contribution in [0.25, 0.3) is 0 Å². The monoisotopic (exact) mass is 312 g/mol. The Balaban J connectivity index is 2.77. The van der Waals surface area contributed by atoms with Crippen molar-refractivity contribution in [2.75, 3.05) is 13.6 Å². The maximum absolute atomic E-state index is 12.5. The Labute approximate surface area is 130 Å². The Morgan fingerprint density at radius 3 is 2.48 bits per heavy atom. The highest BCUT2D eigenvalue weighted by atomic mass is 32.1. The Bertz CT molecular complexity index is 478. The van der Waals surface area contributed by atoms with Crippen LogP contribution in [0.5, 0.6) is 0 Å². The Morgan fingerprint density at radius 1 is 1.43 bits per heavy atom. The third-order valence-electron chi connectivity index (χ3n) is 2.96. The fraction of sp³-hybridized carbons (Fsp3) is 0.600. The molecule has 21 heavy (non-hydrogen) atoms. The highest BCUT2D eigenvalue weighted by Crippen LogP contribution is 2.12. The SMILES string of the molecule is CC(C)C(NC(=O)c1cccs1)C(=O)N(C)CC(C)(C)O. The van der Waals surface area contributed by atoms with Gasteiger partial charge in [0.1, 0.15) is 6.04 Å². The predicted octanol–water partition coefficient (Wildman–Crippen LogP) is 1.73. The molecular weight excluding hydrogens is 288 g/mol. The summed E-state index contributed by atoms with van der Waals surface area (Å²) in [5.74, 6) is -0.476. The van der Waals surface area contributed by atoms with Crippen molar-refractivity contribution in [2.24, 2.45) is 5.92 Å². The van der Waals surface area contributed by atoms with E-state index in [9.17, 15) is 14.7 Å². The van der Waals surface area contributed by atoms with Gasteiger partial charge in [-0.1, -0.05) is 19.9 Å². The van der Waals surface area contributed by atoms with Gasteiger partial charge in [0.15, 0.2) is 0 Å². The van der Waals surface area contributed by atoms with Gasteiger partial charge < -0.3 is 15.3 Å². The first-order valence-corrected chi connectivity index (χ1v) is 7.81. The second-order valence-corrected chi connectivity index (χ2v) is 7.13. The van der Waals surface area contributed by atoms with E-state index in [1.165, 1.54) is 16.2 Å². The third kappa shape index (κ3) is 5.47. The zero-order valence-electron chi connectivity index (χ0n) is 13.2. The van der Waals surface area contributed by atoms with Crippen LogP contribution in [-0.2, 0) is 4.79 Å². The number of amides is 2. The van der Waals surface area contributed by atoms with Crippen LogP contribution in [0.2, 0.25) is 0 Å². The normalized spacial score (nSPS) is 13.1. The zero-order chi connectivity index (χ0) is 16.2. The molecule has 0 spiro atoms. The van der Waals surface area contributed by atoms with Crippen molar-refractivity contribution >= 4 is 23.2 Å². The molecule has 5 nitrogen and oxygen atoms in total. The summed E-state index contributed by atoms with van der Waals surface area (Å²) in [7, 11) is 1.63. The quantitative estimate of drug-likeness (QED) is 0.840. The molecule has 0 fully saturated rings. The Hall–Kier alpha value is -1.40. The maximum Gasteiger partial charge on any atom is 0.262 e. The number of thiophene rings is 1. The summed E-state index contributed by atoms with van der Waals surface area (Å²) in [6, 6.07) is 2.92. The molecule has 0 radical (unpaired) electrons. The number of rotatable bonds is 6. The van der Waals surface area contributed by atoms with Gasteiger partial charge in [-0.2, -0.15) is 0 Å². The number of hydrogen-bond donors (Lipinski definition) is 2. The van der Waals surface area contributed by atoms with Crippen molar-refractivity contribution in [3.63, 3.8) is 0 Å². The predicted molar refractivity (Wildman–Crippen MR) is 84.3 cm³/mol. The Morgan fingerprint density at radius 2 is 2.05 bits per heavy atom. The van der Waals surface area contributed by atoms with E-state index >= 15 is 0 Å². The largest absolute Gasteiger partial charge is 0.389 e. The fourth-order valence-electron chi connectivity index (χ4n) is 2.03. The number of carbonyl (C=O) groups excluding carboxylic acids is 2. The molecule has 0 aliphatic carbocycles. The molecule has 1 rings (SSSR count). The lowest BCUT2D eigenvalue weighted by Crippen LogP contribution is -2.52. The van der Waals surface area contributed by atoms with Gasteiger partial charge in [0.05, 0.1) is 10.5 Å². The van der Waals surface area contributed by atoms with Gasteiger partial charge in [-0.15, -0.1) is 11.3 Å². The molecule has 0 aliphatic rings. The number of nitrogens with zero attached hydrogens (tertiary/aromatic N) is 1. The highest BCUT2D eigenvalue weighted by molar-refractivity contribution is 7.12. The maximum atomic E-state index is 12.5. The molecule has 1 aromatic heterocycles. The van der Waals surface area contributed by atoms with Crippen LogP contribution in [0, 0.1) is 5.92 Å². The lowest BCUT2D eigenvalue weighted by atomic mass is 10.0. The number of hydrogen-bond acceptors (Lipinski definition) is 4. The van der Waals surface area contributed by atoms with Gasteiger partial charge in [-0.3, -0.25) is 9.59 Å². The van der Waals surface area contributed by atoms with Gasteiger partial charge in [-0.25, -0.2) is 0 Å². The van der Waals surface area contributed by atoms with Crippen LogP contribution in [0.3, 0.4) is 0 Å². The number of likely N-dealkylation sites (N-methyl/N-ethyl adjacent to an activating group) is 1. The topological polar surface area (TPSA) is 69.6 Å². The van der Waals surface area contributed by atoms with E-state index in [1.54, 1.807) is 33.0 Å². The summed E-state index contributed by atoms with van der Waals surface area (Å²) in [5.41, 5.74) is -0.969. The van der Waals surface area contributed by atoms with E-state index in [1.807, 2.05) is 19.2 Å². The number of carbonyl (C=O) groups is 2. The molecule has 118 valence electrons. The van der Waals surface area contributed by atoms with Crippen LogP contribution >= 0.6 is 11.3 Å². The molecule has 0 aliphatic heterocycles. The Kier molecular flexibility index (Phi) is 5.92. The van der Waals surface area contributed by atoms with Crippen molar-refractivity contribution in [3.05, 3.63) is 22.4 Å². The van der Waals surface area contributed by atoms with Gasteiger partial charge in [0, 0.05) is 13.6 Å². The first-order chi connectivity index (χ1) is 9.61. The van der Waals surface area contributed by atoms with Crippen molar-refractivity contribution in [1.82, 2.24) is 10.2 Å². The minimum absolute atomic E-state index is 0.0364. The van der Waals surface area contributed by atoms with E-state index in [4.69, 9.17) is 0 Å². The minimum atomic E-state index is -0.969. The second kappa shape index (κ2) is 7.04. The highest BCUT2D eigenvalue weighted by Gasteiger charge is 2.29. The third-order valence-corrected chi connectivity index (χ3v) is 3.83. The summed E-state index contributed by atoms with van der Waals surface area (Å²) in [4.78, 5) is 26.6. The second-order valence-electron chi connectivity index (χ2n) is 6.18. The molecule has 6 heteroatoms. The summed E-state index contributed by atoms with van der Waals surface area (Å²) in [5, 5.41) is 14.4. The van der Waals surface area contributed by atoms with Crippen LogP contribution in [0.4, 0.5) is 0 Å². The molecule has 1 heterocycles. The van der Waals surface area contributed by atoms with Gasteiger partial charge in [0.25, 0.3) is 5.91 Å². The summed E-state index contributed by atoms with van der Waals surface area (Å²) >= 11 is 1.34. The zero-order valence-corrected chi connectivity index (χ0v) is 14.0. The molecule has 0 bridgehead atoms. The van der Waals surface area contributed by atoms with Crippen LogP contribution < -0.4 is 5.32 Å². The molecule has 0 aromatic carbocycles. The molecule has 2 amide bonds. The van der Waals surface area contributed by atoms with E-state index < -0.39 is 11.6 Å². The van der Waals surface area contributed by atoms with Crippen molar-refractivity contribution < 1.29 is 14.7 Å². The minimum Gasteiger partial charge on any atom is -0.389 e. The van der Waals surface area contributed by atoms with Crippen molar-refractivity contribution in [2.45, 2.75) is 39.3 Å². The summed E-state index contributed by atoms with van der Waals surface area (Å²) in [6.07, 6.45) is 0. The van der Waals surface area contributed by atoms with E-state index in [0.29, 0.717) is 4.88 Å². The van der Waals surface area contributed by atoms with Crippen LogP contribution in [-0.4, -0.2) is 47.1 Å². The summed E-state index contributed by atoms with van der Waals surface area (Å²) < 4.78 is 0. The van der Waals surface area contributed by atoms with Gasteiger partial charge >= 0.3 is 0 Å². The van der Waals surface area contributed by atoms with E-state index in [0.717, 1.165) is 0 Å². The lowest BCUT2D eigenvalue weighted by molar-refractivity contribution is -0.135. The average molecular weight is 312 g/mol. The number of aliphatic hydroxyl groups is 1. The molecule has 0 saturated heterocycles.